The highest BCUT2D eigenvalue weighted by Crippen LogP contribution is 2.52. The van der Waals surface area contributed by atoms with E-state index < -0.39 is 17.7 Å². The molecular weight excluding hydrogens is 406 g/mol. The van der Waals surface area contributed by atoms with Crippen molar-refractivity contribution in [1.29, 1.82) is 0 Å². The number of carbonyl (C=O) groups excluding carboxylic acids is 2. The molecule has 1 aromatic carbocycles. The van der Waals surface area contributed by atoms with Crippen molar-refractivity contribution in [2.45, 2.75) is 89.8 Å². The molecule has 2 amide bonds. The van der Waals surface area contributed by atoms with Gasteiger partial charge in [0.1, 0.15) is 17.4 Å². The third kappa shape index (κ3) is 4.13. The lowest BCUT2D eigenvalue weighted by molar-refractivity contribution is -0.194. The van der Waals surface area contributed by atoms with Crippen molar-refractivity contribution in [3.8, 4) is 5.75 Å². The number of ether oxygens (including phenoxy) is 2. The summed E-state index contributed by atoms with van der Waals surface area (Å²) in [6.07, 6.45) is 2.57. The Morgan fingerprint density at radius 2 is 1.94 bits per heavy atom. The molecule has 3 N–H and O–H groups in total. The summed E-state index contributed by atoms with van der Waals surface area (Å²) in [6, 6.07) is 6.83. The van der Waals surface area contributed by atoms with E-state index in [-0.39, 0.29) is 41.9 Å². The molecule has 0 spiro atoms. The van der Waals surface area contributed by atoms with Gasteiger partial charge in [-0.3, -0.25) is 9.59 Å². The van der Waals surface area contributed by atoms with Crippen LogP contribution in [0.2, 0.25) is 0 Å². The average Bonchev–Trinajstić information content (AvgIpc) is 2.74. The van der Waals surface area contributed by atoms with Gasteiger partial charge in [0.2, 0.25) is 11.8 Å². The molecule has 3 aliphatic rings. The number of likely N-dealkylation sites (tertiary alicyclic amines) is 1. The summed E-state index contributed by atoms with van der Waals surface area (Å²) in [7, 11) is 0. The fourth-order valence-corrected chi connectivity index (χ4v) is 5.48. The van der Waals surface area contributed by atoms with E-state index in [1.165, 1.54) is 0 Å². The third-order valence-electron chi connectivity index (χ3n) is 7.32. The number of amides is 2. The standard InChI is InChI=1S/C25H37N3O4/c1-14(2)21(27-23(29)15(3)26)24(30)28-12-8-11-20-18(28)13-17-22(31-20)16-9-6-7-10-19(16)32-25(17,4)5/h6-7,9-10,14-15,17-18,20-22H,8,11-13,26H2,1-5H3,(H,27,29)/t15-,17+,18+,20+,21+,22-/m1/s1. The molecule has 0 unspecified atom stereocenters. The van der Waals surface area contributed by atoms with Gasteiger partial charge in [-0.05, 0) is 52.0 Å². The minimum Gasteiger partial charge on any atom is -0.487 e. The first-order valence-electron chi connectivity index (χ1n) is 11.9. The molecule has 6 atom stereocenters. The van der Waals surface area contributed by atoms with E-state index >= 15 is 0 Å². The van der Waals surface area contributed by atoms with E-state index in [4.69, 9.17) is 15.2 Å². The number of piperidine rings is 1. The van der Waals surface area contributed by atoms with Gasteiger partial charge in [-0.25, -0.2) is 0 Å². The van der Waals surface area contributed by atoms with Gasteiger partial charge in [0.05, 0.1) is 24.3 Å². The Bertz CT molecular complexity index is 868. The molecule has 7 nitrogen and oxygen atoms in total. The predicted octanol–water partition coefficient (Wildman–Crippen LogP) is 2.78. The van der Waals surface area contributed by atoms with Gasteiger partial charge in [0, 0.05) is 18.0 Å². The van der Waals surface area contributed by atoms with Gasteiger partial charge in [0.25, 0.3) is 0 Å². The molecule has 0 aromatic heterocycles. The molecule has 0 aliphatic carbocycles. The monoisotopic (exact) mass is 443 g/mol. The zero-order valence-electron chi connectivity index (χ0n) is 19.8. The van der Waals surface area contributed by atoms with Crippen LogP contribution < -0.4 is 15.8 Å². The highest BCUT2D eigenvalue weighted by molar-refractivity contribution is 5.90. The highest BCUT2D eigenvalue weighted by atomic mass is 16.5. The van der Waals surface area contributed by atoms with Crippen LogP contribution in [0.25, 0.3) is 0 Å². The zero-order valence-corrected chi connectivity index (χ0v) is 19.8. The maximum atomic E-state index is 13.7. The normalized spacial score (nSPS) is 30.3. The van der Waals surface area contributed by atoms with E-state index in [1.54, 1.807) is 6.92 Å². The number of hydrogen-bond acceptors (Lipinski definition) is 5. The summed E-state index contributed by atoms with van der Waals surface area (Å²) in [5.41, 5.74) is 6.43. The number of nitrogens with two attached hydrogens (primary N) is 1. The second-order valence-electron chi connectivity index (χ2n) is 10.4. The molecule has 32 heavy (non-hydrogen) atoms. The van der Waals surface area contributed by atoms with Gasteiger partial charge < -0.3 is 25.4 Å². The predicted molar refractivity (Wildman–Crippen MR) is 122 cm³/mol. The highest BCUT2D eigenvalue weighted by Gasteiger charge is 2.53. The molecular formula is C25H37N3O4. The van der Waals surface area contributed by atoms with Crippen LogP contribution in [0.4, 0.5) is 0 Å². The first-order valence-corrected chi connectivity index (χ1v) is 11.9. The number of rotatable bonds is 4. The average molecular weight is 444 g/mol. The van der Waals surface area contributed by atoms with Crippen molar-refractivity contribution >= 4 is 11.8 Å². The van der Waals surface area contributed by atoms with Crippen LogP contribution in [0.5, 0.6) is 5.75 Å². The Labute approximate surface area is 191 Å². The Kier molecular flexibility index (Phi) is 6.25. The Morgan fingerprint density at radius 3 is 2.62 bits per heavy atom. The van der Waals surface area contributed by atoms with Gasteiger partial charge in [-0.15, -0.1) is 0 Å². The second kappa shape index (κ2) is 8.67. The zero-order chi connectivity index (χ0) is 23.2. The van der Waals surface area contributed by atoms with Crippen molar-refractivity contribution in [2.24, 2.45) is 17.6 Å². The van der Waals surface area contributed by atoms with Crippen LogP contribution in [-0.2, 0) is 14.3 Å². The molecule has 3 heterocycles. The van der Waals surface area contributed by atoms with E-state index in [0.29, 0.717) is 6.54 Å². The number of nitrogens with one attached hydrogen (secondary N) is 1. The molecule has 3 aliphatic heterocycles. The fourth-order valence-electron chi connectivity index (χ4n) is 5.48. The van der Waals surface area contributed by atoms with Crippen molar-refractivity contribution in [1.82, 2.24) is 10.2 Å². The fraction of sp³-hybridized carbons (Fsp3) is 0.680. The van der Waals surface area contributed by atoms with E-state index in [0.717, 1.165) is 30.6 Å². The number of fused-ring (bicyclic) bond motifs is 4. The van der Waals surface area contributed by atoms with Gasteiger partial charge in [0.15, 0.2) is 0 Å². The lowest BCUT2D eigenvalue weighted by Crippen LogP contribution is -2.63. The lowest BCUT2D eigenvalue weighted by Gasteiger charge is -2.54. The summed E-state index contributed by atoms with van der Waals surface area (Å²) in [6.45, 7) is 10.4. The summed E-state index contributed by atoms with van der Waals surface area (Å²) in [5, 5.41) is 2.87. The van der Waals surface area contributed by atoms with Crippen molar-refractivity contribution < 1.29 is 19.1 Å². The quantitative estimate of drug-likeness (QED) is 0.746. The molecule has 0 radical (unpaired) electrons. The molecule has 1 aromatic rings. The molecule has 0 bridgehead atoms. The summed E-state index contributed by atoms with van der Waals surface area (Å²) in [5.74, 6) is 0.636. The summed E-state index contributed by atoms with van der Waals surface area (Å²) in [4.78, 5) is 27.9. The third-order valence-corrected chi connectivity index (χ3v) is 7.32. The molecule has 176 valence electrons. The number of para-hydroxylation sites is 1. The maximum Gasteiger partial charge on any atom is 0.245 e. The van der Waals surface area contributed by atoms with Crippen molar-refractivity contribution in [3.05, 3.63) is 29.8 Å². The van der Waals surface area contributed by atoms with Crippen molar-refractivity contribution in [3.63, 3.8) is 0 Å². The van der Waals surface area contributed by atoms with Crippen LogP contribution in [0.3, 0.4) is 0 Å². The van der Waals surface area contributed by atoms with Crippen LogP contribution >= 0.6 is 0 Å². The number of benzene rings is 1. The smallest absolute Gasteiger partial charge is 0.245 e. The maximum absolute atomic E-state index is 13.7. The number of nitrogens with zero attached hydrogens (tertiary/aromatic N) is 1. The minimum atomic E-state index is -0.655. The van der Waals surface area contributed by atoms with Crippen molar-refractivity contribution in [2.75, 3.05) is 6.54 Å². The van der Waals surface area contributed by atoms with Crippen LogP contribution in [0.15, 0.2) is 24.3 Å². The number of hydrogen-bond donors (Lipinski definition) is 2. The lowest BCUT2D eigenvalue weighted by atomic mass is 9.72. The van der Waals surface area contributed by atoms with Gasteiger partial charge >= 0.3 is 0 Å². The summed E-state index contributed by atoms with van der Waals surface area (Å²) >= 11 is 0. The largest absolute Gasteiger partial charge is 0.487 e. The molecule has 4 rings (SSSR count). The molecule has 7 heteroatoms. The Morgan fingerprint density at radius 1 is 1.22 bits per heavy atom. The number of carbonyl (C=O) groups is 2. The van der Waals surface area contributed by atoms with Crippen LogP contribution in [-0.4, -0.2) is 53.1 Å². The van der Waals surface area contributed by atoms with Crippen LogP contribution in [0, 0.1) is 11.8 Å². The first-order chi connectivity index (χ1) is 15.1. The topological polar surface area (TPSA) is 93.9 Å². The Hall–Kier alpha value is -2.12. The van der Waals surface area contributed by atoms with E-state index in [9.17, 15) is 9.59 Å². The van der Waals surface area contributed by atoms with Gasteiger partial charge in [-0.2, -0.15) is 0 Å². The Balaban J connectivity index is 1.59. The molecule has 0 saturated carbocycles. The minimum absolute atomic E-state index is 0.0205. The van der Waals surface area contributed by atoms with E-state index in [1.807, 2.05) is 36.9 Å². The summed E-state index contributed by atoms with van der Waals surface area (Å²) < 4.78 is 13.1. The molecule has 2 fully saturated rings. The SMILES string of the molecule is CC(C)[C@H](NC(=O)[C@@H](C)N)C(=O)N1CCC[C@@H]2O[C@@H]3c4ccccc4OC(C)(C)[C@H]3C[C@@H]21. The first kappa shape index (κ1) is 23.1. The van der Waals surface area contributed by atoms with Crippen LogP contribution in [0.1, 0.15) is 65.5 Å². The second-order valence-corrected chi connectivity index (χ2v) is 10.4. The van der Waals surface area contributed by atoms with Gasteiger partial charge in [-0.1, -0.05) is 32.0 Å². The molecule has 2 saturated heterocycles. The van der Waals surface area contributed by atoms with E-state index in [2.05, 4.69) is 25.2 Å².